The molecular formula is C9H10OSe. The van der Waals surface area contributed by atoms with Gasteiger partial charge in [-0.05, 0) is 0 Å². The van der Waals surface area contributed by atoms with Crippen LogP contribution in [-0.2, 0) is 6.42 Å². The zero-order valence-corrected chi connectivity index (χ0v) is 8.14. The molecule has 0 unspecified atom stereocenters. The van der Waals surface area contributed by atoms with Crippen molar-refractivity contribution in [1.82, 2.24) is 0 Å². The van der Waals surface area contributed by atoms with E-state index in [1.165, 1.54) is 21.8 Å². The summed E-state index contributed by atoms with van der Waals surface area (Å²) in [6.07, 6.45) is 1.17. The van der Waals surface area contributed by atoms with Gasteiger partial charge in [0.05, 0.1) is 0 Å². The number of benzene rings is 1. The van der Waals surface area contributed by atoms with Crippen molar-refractivity contribution in [1.29, 1.82) is 0 Å². The molecule has 1 nitrogen and oxygen atoms in total. The van der Waals surface area contributed by atoms with Crippen LogP contribution < -0.4 is 4.46 Å². The van der Waals surface area contributed by atoms with Crippen LogP contribution in [0.5, 0.6) is 5.75 Å². The number of aromatic hydroxyl groups is 1. The van der Waals surface area contributed by atoms with Crippen molar-refractivity contribution in [2.24, 2.45) is 0 Å². The Hall–Kier alpha value is -0.461. The number of fused-ring (bicyclic) bond motifs is 1. The van der Waals surface area contributed by atoms with Gasteiger partial charge in [0.25, 0.3) is 0 Å². The second-order valence-corrected chi connectivity index (χ2v) is 5.14. The molecule has 1 aliphatic rings. The molecule has 1 aliphatic heterocycles. The minimum absolute atomic E-state index is 0.533. The SMILES string of the molecule is Cc1ccc2c(c1O)[Se]CC2. The van der Waals surface area contributed by atoms with Gasteiger partial charge in [0.2, 0.25) is 0 Å². The predicted octanol–water partition coefficient (Wildman–Crippen LogP) is 1.00. The summed E-state index contributed by atoms with van der Waals surface area (Å²) in [5.74, 6) is 0.556. The van der Waals surface area contributed by atoms with Crippen molar-refractivity contribution in [3.8, 4) is 5.75 Å². The fraction of sp³-hybridized carbons (Fsp3) is 0.333. The minimum atomic E-state index is 0.533. The zero-order chi connectivity index (χ0) is 7.84. The first-order valence-corrected chi connectivity index (χ1v) is 5.80. The Morgan fingerprint density at radius 2 is 2.27 bits per heavy atom. The third kappa shape index (κ3) is 1.07. The van der Waals surface area contributed by atoms with E-state index in [0.717, 1.165) is 5.56 Å². The second-order valence-electron chi connectivity index (χ2n) is 2.82. The van der Waals surface area contributed by atoms with Gasteiger partial charge < -0.3 is 0 Å². The first kappa shape index (κ1) is 7.20. The molecule has 2 rings (SSSR count). The standard InChI is InChI=1S/C9H10OSe/c1-6-2-3-7-4-5-11-9(7)8(6)10/h2-3,10H,4-5H2,1H3. The van der Waals surface area contributed by atoms with Crippen LogP contribution in [0.15, 0.2) is 12.1 Å². The van der Waals surface area contributed by atoms with Crippen molar-refractivity contribution in [3.05, 3.63) is 23.3 Å². The van der Waals surface area contributed by atoms with Crippen LogP contribution >= 0.6 is 0 Å². The molecule has 0 saturated heterocycles. The van der Waals surface area contributed by atoms with Gasteiger partial charge in [0, 0.05) is 0 Å². The van der Waals surface area contributed by atoms with Crippen LogP contribution in [-0.4, -0.2) is 20.1 Å². The van der Waals surface area contributed by atoms with E-state index >= 15 is 0 Å². The average molecular weight is 213 g/mol. The molecule has 0 aliphatic carbocycles. The van der Waals surface area contributed by atoms with E-state index in [9.17, 15) is 5.11 Å². The van der Waals surface area contributed by atoms with Gasteiger partial charge in [-0.3, -0.25) is 0 Å². The maximum absolute atomic E-state index is 9.63. The summed E-state index contributed by atoms with van der Waals surface area (Å²) in [6, 6.07) is 4.16. The number of hydrogen-bond donors (Lipinski definition) is 1. The van der Waals surface area contributed by atoms with Crippen LogP contribution in [0.25, 0.3) is 0 Å². The Morgan fingerprint density at radius 1 is 1.45 bits per heavy atom. The quantitative estimate of drug-likeness (QED) is 0.637. The van der Waals surface area contributed by atoms with Crippen LogP contribution in [0.3, 0.4) is 0 Å². The monoisotopic (exact) mass is 214 g/mol. The third-order valence-corrected chi connectivity index (χ3v) is 4.45. The Morgan fingerprint density at radius 3 is 3.09 bits per heavy atom. The van der Waals surface area contributed by atoms with Gasteiger partial charge in [-0.15, -0.1) is 0 Å². The van der Waals surface area contributed by atoms with E-state index in [1.807, 2.05) is 13.0 Å². The molecule has 0 aromatic heterocycles. The molecule has 0 amide bonds. The Balaban J connectivity index is 2.62. The van der Waals surface area contributed by atoms with Gasteiger partial charge in [-0.25, -0.2) is 0 Å². The molecule has 1 N–H and O–H groups in total. The molecule has 0 atom stereocenters. The summed E-state index contributed by atoms with van der Waals surface area (Å²) in [6.45, 7) is 1.96. The molecule has 0 saturated carbocycles. The van der Waals surface area contributed by atoms with Crippen molar-refractivity contribution < 1.29 is 5.11 Å². The number of hydrogen-bond acceptors (Lipinski definition) is 1. The summed E-state index contributed by atoms with van der Waals surface area (Å²) in [7, 11) is 0. The molecule has 1 aromatic rings. The summed E-state index contributed by atoms with van der Waals surface area (Å²) < 4.78 is 1.25. The molecule has 0 fully saturated rings. The molecule has 58 valence electrons. The summed E-state index contributed by atoms with van der Waals surface area (Å²) in [5.41, 5.74) is 2.39. The van der Waals surface area contributed by atoms with E-state index in [1.54, 1.807) is 0 Å². The second kappa shape index (κ2) is 2.54. The Labute approximate surface area is 72.6 Å². The summed E-state index contributed by atoms with van der Waals surface area (Å²) in [5, 5.41) is 10.9. The fourth-order valence-electron chi connectivity index (χ4n) is 1.33. The van der Waals surface area contributed by atoms with Gasteiger partial charge in [0.1, 0.15) is 0 Å². The first-order chi connectivity index (χ1) is 5.29. The number of aryl methyl sites for hydroxylation is 2. The van der Waals surface area contributed by atoms with Crippen molar-refractivity contribution in [2.45, 2.75) is 18.7 Å². The molecule has 1 aromatic carbocycles. The average Bonchev–Trinajstić information content (AvgIpc) is 2.45. The van der Waals surface area contributed by atoms with Crippen molar-refractivity contribution in [3.63, 3.8) is 0 Å². The van der Waals surface area contributed by atoms with Crippen molar-refractivity contribution >= 4 is 19.4 Å². The maximum atomic E-state index is 9.63. The van der Waals surface area contributed by atoms with Crippen LogP contribution in [0.1, 0.15) is 11.1 Å². The summed E-state index contributed by atoms with van der Waals surface area (Å²) >= 11 is 0.533. The van der Waals surface area contributed by atoms with E-state index in [2.05, 4.69) is 6.07 Å². The molecule has 0 bridgehead atoms. The molecule has 0 spiro atoms. The third-order valence-electron chi connectivity index (χ3n) is 2.03. The molecule has 1 heterocycles. The molecule has 0 radical (unpaired) electrons. The molecule has 2 heteroatoms. The molecular weight excluding hydrogens is 203 g/mol. The van der Waals surface area contributed by atoms with Gasteiger partial charge in [0.15, 0.2) is 0 Å². The topological polar surface area (TPSA) is 20.2 Å². The van der Waals surface area contributed by atoms with Gasteiger partial charge >= 0.3 is 72.2 Å². The molecule has 11 heavy (non-hydrogen) atoms. The zero-order valence-electron chi connectivity index (χ0n) is 6.42. The van der Waals surface area contributed by atoms with Crippen molar-refractivity contribution in [2.75, 3.05) is 0 Å². The number of phenolic OH excluding ortho intramolecular Hbond substituents is 1. The predicted molar refractivity (Wildman–Crippen MR) is 46.7 cm³/mol. The van der Waals surface area contributed by atoms with Crippen LogP contribution in [0, 0.1) is 6.92 Å². The normalized spacial score (nSPS) is 15.0. The Bertz CT molecular complexity index is 294. The fourth-order valence-corrected chi connectivity index (χ4v) is 3.81. The van der Waals surface area contributed by atoms with E-state index < -0.39 is 0 Å². The van der Waals surface area contributed by atoms with Gasteiger partial charge in [-0.1, -0.05) is 0 Å². The van der Waals surface area contributed by atoms with E-state index in [4.69, 9.17) is 0 Å². The summed E-state index contributed by atoms with van der Waals surface area (Å²) in [4.78, 5) is 0. The number of rotatable bonds is 0. The Kier molecular flexibility index (Phi) is 1.67. The number of phenols is 1. The first-order valence-electron chi connectivity index (χ1n) is 3.73. The van der Waals surface area contributed by atoms with Crippen LogP contribution in [0.2, 0.25) is 5.32 Å². The van der Waals surface area contributed by atoms with Gasteiger partial charge in [-0.2, -0.15) is 0 Å². The van der Waals surface area contributed by atoms with E-state index in [0.29, 0.717) is 20.7 Å². The van der Waals surface area contributed by atoms with E-state index in [-0.39, 0.29) is 0 Å². The van der Waals surface area contributed by atoms with Crippen LogP contribution in [0.4, 0.5) is 0 Å².